The first-order valence-electron chi connectivity index (χ1n) is 6.40. The molecule has 1 heterocycles. The molecule has 1 aromatic rings. The molecule has 1 atom stereocenters. The molecule has 1 aromatic carbocycles. The van der Waals surface area contributed by atoms with E-state index in [4.69, 9.17) is 5.73 Å². The number of anilines is 1. The normalized spacial score (nSPS) is 19.3. The summed E-state index contributed by atoms with van der Waals surface area (Å²) in [7, 11) is 0. The summed E-state index contributed by atoms with van der Waals surface area (Å²) in [5.74, 6) is 0. The number of halogens is 2. The largest absolute Gasteiger partial charge is 0.372 e. The molecule has 0 amide bonds. The van der Waals surface area contributed by atoms with Gasteiger partial charge in [0, 0.05) is 18.8 Å². The summed E-state index contributed by atoms with van der Waals surface area (Å²) in [5, 5.41) is 0. The summed E-state index contributed by atoms with van der Waals surface area (Å²) in [4.78, 5) is 2.32. The molecule has 0 saturated carbocycles. The summed E-state index contributed by atoms with van der Waals surface area (Å²) in [5.41, 5.74) is 6.18. The van der Waals surface area contributed by atoms with Gasteiger partial charge in [0.2, 0.25) is 0 Å². The number of alkyl halides is 2. The SMILES string of the molecule is CC(N)(Cc1ccc(N2CCCC2)cc1)C(F)F. The Balaban J connectivity index is 2.03. The van der Waals surface area contributed by atoms with Crippen LogP contribution in [0.15, 0.2) is 24.3 Å². The van der Waals surface area contributed by atoms with E-state index in [2.05, 4.69) is 4.90 Å². The third kappa shape index (κ3) is 2.99. The molecular formula is C14H20F2N2. The van der Waals surface area contributed by atoms with Crippen molar-refractivity contribution in [1.82, 2.24) is 0 Å². The topological polar surface area (TPSA) is 29.3 Å². The van der Waals surface area contributed by atoms with E-state index in [1.165, 1.54) is 25.5 Å². The number of nitrogens with two attached hydrogens (primary N) is 1. The highest BCUT2D eigenvalue weighted by Gasteiger charge is 2.30. The smallest absolute Gasteiger partial charge is 0.256 e. The van der Waals surface area contributed by atoms with Crippen LogP contribution >= 0.6 is 0 Å². The van der Waals surface area contributed by atoms with Crippen LogP contribution in [0, 0.1) is 0 Å². The van der Waals surface area contributed by atoms with Gasteiger partial charge in [0.25, 0.3) is 6.43 Å². The Bertz CT molecular complexity index is 381. The first-order chi connectivity index (χ1) is 8.49. The van der Waals surface area contributed by atoms with Crippen molar-refractivity contribution in [2.45, 2.75) is 38.2 Å². The molecule has 0 aromatic heterocycles. The molecule has 0 spiro atoms. The van der Waals surface area contributed by atoms with E-state index in [1.807, 2.05) is 24.3 Å². The van der Waals surface area contributed by atoms with Crippen molar-refractivity contribution in [3.05, 3.63) is 29.8 Å². The van der Waals surface area contributed by atoms with Crippen molar-refractivity contribution in [3.63, 3.8) is 0 Å². The van der Waals surface area contributed by atoms with Gasteiger partial charge < -0.3 is 10.6 Å². The zero-order valence-corrected chi connectivity index (χ0v) is 10.7. The third-order valence-corrected chi connectivity index (χ3v) is 3.49. The first kappa shape index (κ1) is 13.3. The Hall–Kier alpha value is -1.16. The minimum Gasteiger partial charge on any atom is -0.372 e. The van der Waals surface area contributed by atoms with Crippen LogP contribution in [-0.2, 0) is 6.42 Å². The molecule has 4 heteroatoms. The van der Waals surface area contributed by atoms with Gasteiger partial charge in [0.05, 0.1) is 5.54 Å². The summed E-state index contributed by atoms with van der Waals surface area (Å²) in [6.07, 6.45) is 0.156. The second-order valence-electron chi connectivity index (χ2n) is 5.34. The zero-order valence-electron chi connectivity index (χ0n) is 10.7. The van der Waals surface area contributed by atoms with Crippen molar-refractivity contribution in [1.29, 1.82) is 0 Å². The maximum atomic E-state index is 12.7. The van der Waals surface area contributed by atoms with Crippen molar-refractivity contribution in [2.75, 3.05) is 18.0 Å². The van der Waals surface area contributed by atoms with E-state index in [0.29, 0.717) is 0 Å². The van der Waals surface area contributed by atoms with E-state index in [-0.39, 0.29) is 6.42 Å². The van der Waals surface area contributed by atoms with Crippen molar-refractivity contribution >= 4 is 5.69 Å². The standard InChI is InChI=1S/C14H20F2N2/c1-14(17,13(15)16)10-11-4-6-12(7-5-11)18-8-2-3-9-18/h4-7,13H,2-3,8-10,17H2,1H3. The highest BCUT2D eigenvalue weighted by atomic mass is 19.3. The van der Waals surface area contributed by atoms with Crippen LogP contribution in [0.25, 0.3) is 0 Å². The number of hydrogen-bond donors (Lipinski definition) is 1. The Kier molecular flexibility index (Phi) is 3.85. The van der Waals surface area contributed by atoms with Crippen LogP contribution in [0.3, 0.4) is 0 Å². The summed E-state index contributed by atoms with van der Waals surface area (Å²) in [6, 6.07) is 7.81. The third-order valence-electron chi connectivity index (χ3n) is 3.49. The van der Waals surface area contributed by atoms with Crippen LogP contribution < -0.4 is 10.6 Å². The molecule has 2 rings (SSSR count). The minimum atomic E-state index is -2.50. The average molecular weight is 254 g/mol. The Morgan fingerprint density at radius 2 is 1.78 bits per heavy atom. The molecule has 1 unspecified atom stereocenters. The van der Waals surface area contributed by atoms with Crippen LogP contribution in [-0.4, -0.2) is 25.1 Å². The number of benzene rings is 1. The van der Waals surface area contributed by atoms with E-state index in [0.717, 1.165) is 18.7 Å². The van der Waals surface area contributed by atoms with Gasteiger partial charge in [-0.25, -0.2) is 8.78 Å². The lowest BCUT2D eigenvalue weighted by Gasteiger charge is -2.24. The van der Waals surface area contributed by atoms with E-state index >= 15 is 0 Å². The van der Waals surface area contributed by atoms with E-state index in [9.17, 15) is 8.78 Å². The fraction of sp³-hybridized carbons (Fsp3) is 0.571. The lowest BCUT2D eigenvalue weighted by molar-refractivity contribution is 0.0639. The molecule has 100 valence electrons. The molecule has 2 nitrogen and oxygen atoms in total. The second kappa shape index (κ2) is 5.22. The summed E-state index contributed by atoms with van der Waals surface area (Å²) >= 11 is 0. The Morgan fingerprint density at radius 3 is 2.28 bits per heavy atom. The number of nitrogens with zero attached hydrogens (tertiary/aromatic N) is 1. The number of hydrogen-bond acceptors (Lipinski definition) is 2. The van der Waals surface area contributed by atoms with Gasteiger partial charge in [-0.15, -0.1) is 0 Å². The summed E-state index contributed by atoms with van der Waals surface area (Å²) in [6.45, 7) is 3.57. The van der Waals surface area contributed by atoms with Gasteiger partial charge in [0.1, 0.15) is 0 Å². The van der Waals surface area contributed by atoms with Crippen molar-refractivity contribution in [2.24, 2.45) is 5.73 Å². The predicted octanol–water partition coefficient (Wildman–Crippen LogP) is 2.81. The highest BCUT2D eigenvalue weighted by Crippen LogP contribution is 2.23. The fourth-order valence-electron chi connectivity index (χ4n) is 2.32. The number of rotatable bonds is 4. The molecule has 2 N–H and O–H groups in total. The molecule has 0 aliphatic carbocycles. The molecule has 18 heavy (non-hydrogen) atoms. The maximum Gasteiger partial charge on any atom is 0.256 e. The van der Waals surface area contributed by atoms with Crippen molar-refractivity contribution < 1.29 is 8.78 Å². The van der Waals surface area contributed by atoms with E-state index in [1.54, 1.807) is 0 Å². The molecule has 0 radical (unpaired) electrons. The predicted molar refractivity (Wildman–Crippen MR) is 70.2 cm³/mol. The first-order valence-corrected chi connectivity index (χ1v) is 6.40. The lowest BCUT2D eigenvalue weighted by Crippen LogP contribution is -2.45. The quantitative estimate of drug-likeness (QED) is 0.895. The monoisotopic (exact) mass is 254 g/mol. The van der Waals surface area contributed by atoms with Crippen LogP contribution in [0.1, 0.15) is 25.3 Å². The van der Waals surface area contributed by atoms with E-state index < -0.39 is 12.0 Å². The van der Waals surface area contributed by atoms with Crippen molar-refractivity contribution in [3.8, 4) is 0 Å². The molecule has 1 fully saturated rings. The van der Waals surface area contributed by atoms with Gasteiger partial charge >= 0.3 is 0 Å². The molecule has 1 aliphatic heterocycles. The van der Waals surface area contributed by atoms with Crippen LogP contribution in [0.4, 0.5) is 14.5 Å². The average Bonchev–Trinajstić information content (AvgIpc) is 2.83. The van der Waals surface area contributed by atoms with Gasteiger partial charge in [-0.05, 0) is 43.9 Å². The second-order valence-corrected chi connectivity index (χ2v) is 5.34. The lowest BCUT2D eigenvalue weighted by atomic mass is 9.94. The van der Waals surface area contributed by atoms with Gasteiger partial charge in [-0.1, -0.05) is 12.1 Å². The Morgan fingerprint density at radius 1 is 1.22 bits per heavy atom. The maximum absolute atomic E-state index is 12.7. The van der Waals surface area contributed by atoms with Gasteiger partial charge in [-0.2, -0.15) is 0 Å². The van der Waals surface area contributed by atoms with Gasteiger partial charge in [-0.3, -0.25) is 0 Å². The van der Waals surface area contributed by atoms with Gasteiger partial charge in [0.15, 0.2) is 0 Å². The minimum absolute atomic E-state index is 0.199. The fourth-order valence-corrected chi connectivity index (χ4v) is 2.32. The van der Waals surface area contributed by atoms with Crippen LogP contribution in [0.2, 0.25) is 0 Å². The Labute approximate surface area is 107 Å². The van der Waals surface area contributed by atoms with Crippen LogP contribution in [0.5, 0.6) is 0 Å². The molecular weight excluding hydrogens is 234 g/mol. The molecule has 1 saturated heterocycles. The molecule has 0 bridgehead atoms. The molecule has 1 aliphatic rings. The zero-order chi connectivity index (χ0) is 13.2. The summed E-state index contributed by atoms with van der Waals surface area (Å²) < 4.78 is 25.4. The highest BCUT2D eigenvalue weighted by molar-refractivity contribution is 5.48.